The number of allylic oxidation sites excluding steroid dienone is 2. The molecule has 0 aromatic heterocycles. The number of ether oxygens (including phenoxy) is 1. The van der Waals surface area contributed by atoms with Crippen molar-refractivity contribution in [3.8, 4) is 5.75 Å². The van der Waals surface area contributed by atoms with Crippen LogP contribution in [0.25, 0.3) is 16.3 Å². The summed E-state index contributed by atoms with van der Waals surface area (Å²) < 4.78 is 83.8. The fraction of sp³-hybridized carbons (Fsp3) is 0.129. The van der Waals surface area contributed by atoms with Gasteiger partial charge in [-0.3, -0.25) is 4.79 Å². The summed E-state index contributed by atoms with van der Waals surface area (Å²) in [7, 11) is 0. The van der Waals surface area contributed by atoms with Gasteiger partial charge in [0.2, 0.25) is 5.91 Å². The molecule has 4 aromatic rings. The molecule has 0 radical (unpaired) electrons. The molecule has 0 atom stereocenters. The van der Waals surface area contributed by atoms with E-state index in [1.54, 1.807) is 12.1 Å². The highest BCUT2D eigenvalue weighted by molar-refractivity contribution is 6.06. The quantitative estimate of drug-likeness (QED) is 0.141. The van der Waals surface area contributed by atoms with Gasteiger partial charge in [0.15, 0.2) is 0 Å². The highest BCUT2D eigenvalue weighted by Crippen LogP contribution is 2.34. The van der Waals surface area contributed by atoms with E-state index in [2.05, 4.69) is 5.32 Å². The molecule has 0 aliphatic rings. The van der Waals surface area contributed by atoms with E-state index in [0.717, 1.165) is 35.0 Å². The fourth-order valence-electron chi connectivity index (χ4n) is 4.06. The van der Waals surface area contributed by atoms with Gasteiger partial charge in [-0.15, -0.1) is 0 Å². The van der Waals surface area contributed by atoms with E-state index in [4.69, 9.17) is 4.74 Å². The number of carbonyl (C=O) groups is 1. The van der Waals surface area contributed by atoms with E-state index in [1.807, 2.05) is 31.2 Å². The van der Waals surface area contributed by atoms with Gasteiger partial charge in [0, 0.05) is 17.1 Å². The summed E-state index contributed by atoms with van der Waals surface area (Å²) >= 11 is 0. The molecule has 1 amide bonds. The minimum atomic E-state index is -4.54. The highest BCUT2D eigenvalue weighted by Gasteiger charge is 2.31. The predicted octanol–water partition coefficient (Wildman–Crippen LogP) is 8.90. The summed E-state index contributed by atoms with van der Waals surface area (Å²) in [6, 6.07) is 19.4. The van der Waals surface area contributed by atoms with Gasteiger partial charge in [-0.05, 0) is 71.5 Å². The molecule has 9 heteroatoms. The van der Waals surface area contributed by atoms with Crippen molar-refractivity contribution in [3.05, 3.63) is 125 Å². The minimum Gasteiger partial charge on any atom is -0.494 e. The Kier molecular flexibility index (Phi) is 8.32. The molecule has 4 rings (SSSR count). The largest absolute Gasteiger partial charge is 0.494 e. The molecule has 0 heterocycles. The molecule has 0 saturated carbocycles. The molecule has 3 nitrogen and oxygen atoms in total. The number of rotatable bonds is 7. The summed E-state index contributed by atoms with van der Waals surface area (Å²) in [5.74, 6) is 0.164. The predicted molar refractivity (Wildman–Crippen MR) is 143 cm³/mol. The van der Waals surface area contributed by atoms with Crippen molar-refractivity contribution in [2.75, 3.05) is 11.9 Å². The van der Waals surface area contributed by atoms with Gasteiger partial charge >= 0.3 is 12.4 Å². The van der Waals surface area contributed by atoms with E-state index < -0.39 is 29.4 Å². The normalized spacial score (nSPS) is 12.0. The van der Waals surface area contributed by atoms with Crippen LogP contribution >= 0.6 is 0 Å². The van der Waals surface area contributed by atoms with Gasteiger partial charge in [-0.25, -0.2) is 0 Å². The zero-order valence-corrected chi connectivity index (χ0v) is 21.1. The topological polar surface area (TPSA) is 38.3 Å². The third-order valence-corrected chi connectivity index (χ3v) is 5.98. The molecule has 0 aliphatic carbocycles. The van der Waals surface area contributed by atoms with Crippen LogP contribution in [0, 0.1) is 0 Å². The molecule has 0 aliphatic heterocycles. The van der Waals surface area contributed by atoms with Crippen LogP contribution in [0.5, 0.6) is 5.75 Å². The fourth-order valence-corrected chi connectivity index (χ4v) is 4.06. The molecule has 0 spiro atoms. The van der Waals surface area contributed by atoms with Gasteiger partial charge in [0.05, 0.1) is 17.7 Å². The van der Waals surface area contributed by atoms with E-state index in [1.165, 1.54) is 42.5 Å². The van der Waals surface area contributed by atoms with Crippen LogP contribution in [0.2, 0.25) is 0 Å². The number of amides is 1. The Morgan fingerprint density at radius 2 is 1.38 bits per heavy atom. The maximum Gasteiger partial charge on any atom is 0.416 e. The van der Waals surface area contributed by atoms with Crippen LogP contribution in [-0.4, -0.2) is 12.5 Å². The highest BCUT2D eigenvalue weighted by atomic mass is 19.4. The lowest BCUT2D eigenvalue weighted by atomic mass is 9.95. The molecule has 0 saturated heterocycles. The van der Waals surface area contributed by atoms with Crippen LogP contribution < -0.4 is 10.1 Å². The van der Waals surface area contributed by atoms with Crippen LogP contribution in [0.4, 0.5) is 32.0 Å². The first kappa shape index (κ1) is 28.5. The number of halogens is 6. The molecule has 4 aromatic carbocycles. The van der Waals surface area contributed by atoms with Crippen LogP contribution in [0.15, 0.2) is 103 Å². The first-order valence-corrected chi connectivity index (χ1v) is 12.2. The van der Waals surface area contributed by atoms with Crippen molar-refractivity contribution < 1.29 is 35.9 Å². The Balaban J connectivity index is 1.63. The summed E-state index contributed by atoms with van der Waals surface area (Å²) in [6.07, 6.45) is -5.02. The molecule has 40 heavy (non-hydrogen) atoms. The van der Waals surface area contributed by atoms with Crippen molar-refractivity contribution in [2.24, 2.45) is 0 Å². The van der Waals surface area contributed by atoms with Crippen LogP contribution in [-0.2, 0) is 17.1 Å². The smallest absolute Gasteiger partial charge is 0.416 e. The number of nitrogens with one attached hydrogen (secondary N) is 1. The zero-order valence-electron chi connectivity index (χ0n) is 21.1. The lowest BCUT2D eigenvalue weighted by Gasteiger charge is -2.12. The van der Waals surface area contributed by atoms with Gasteiger partial charge in [0.25, 0.3) is 0 Å². The standard InChI is InChI=1S/C31H23F6NO2/c1-2-40-25-18-13-20-5-3-7-28(27(20)19-25)38-29(39)8-4-6-26(21-9-14-23(15-10-21)30(32,33)34)22-11-16-24(17-12-22)31(35,36)37/h3-19H,2H2,1H3,(H,38,39)/b8-4+. The lowest BCUT2D eigenvalue weighted by molar-refractivity contribution is -0.138. The average molecular weight is 556 g/mol. The van der Waals surface area contributed by atoms with Crippen LogP contribution in [0.3, 0.4) is 0 Å². The lowest BCUT2D eigenvalue weighted by Crippen LogP contribution is -2.08. The summed E-state index contributed by atoms with van der Waals surface area (Å²) in [5.41, 5.74) is -0.187. The first-order chi connectivity index (χ1) is 19.0. The van der Waals surface area contributed by atoms with E-state index in [-0.39, 0.29) is 0 Å². The molecule has 0 fully saturated rings. The van der Waals surface area contributed by atoms with Gasteiger partial charge in [0.1, 0.15) is 5.75 Å². The molecular weight excluding hydrogens is 532 g/mol. The summed E-state index contributed by atoms with van der Waals surface area (Å²) in [5, 5.41) is 4.45. The third kappa shape index (κ3) is 6.91. The molecule has 0 bridgehead atoms. The van der Waals surface area contributed by atoms with Gasteiger partial charge < -0.3 is 10.1 Å². The van der Waals surface area contributed by atoms with E-state index in [9.17, 15) is 31.1 Å². The molecular formula is C31H23F6NO2. The Bertz CT molecular complexity index is 1490. The molecule has 0 unspecified atom stereocenters. The van der Waals surface area contributed by atoms with Crippen molar-refractivity contribution >= 4 is 27.9 Å². The Hall–Kier alpha value is -4.53. The Morgan fingerprint density at radius 1 is 0.800 bits per heavy atom. The van der Waals surface area contributed by atoms with Crippen molar-refractivity contribution in [2.45, 2.75) is 19.3 Å². The Labute approximate surface area is 226 Å². The van der Waals surface area contributed by atoms with Gasteiger partial charge in [-0.1, -0.05) is 54.6 Å². The third-order valence-electron chi connectivity index (χ3n) is 5.98. The second-order valence-corrected chi connectivity index (χ2v) is 8.70. The number of anilines is 1. The number of alkyl halides is 6. The minimum absolute atomic E-state index is 0.329. The number of hydrogen-bond acceptors (Lipinski definition) is 2. The van der Waals surface area contributed by atoms with E-state index in [0.29, 0.717) is 34.7 Å². The zero-order chi connectivity index (χ0) is 28.9. The SMILES string of the molecule is CCOc1ccc2cccc(NC(=O)/C=C/C=C(c3ccc(C(F)(F)F)cc3)c3ccc(C(F)(F)F)cc3)c2c1. The number of carbonyl (C=O) groups excluding carboxylic acids is 1. The number of benzene rings is 4. The second-order valence-electron chi connectivity index (χ2n) is 8.70. The summed E-state index contributed by atoms with van der Waals surface area (Å²) in [4.78, 5) is 12.7. The maximum atomic E-state index is 13.0. The second kappa shape index (κ2) is 11.7. The van der Waals surface area contributed by atoms with Crippen molar-refractivity contribution in [1.29, 1.82) is 0 Å². The monoisotopic (exact) mass is 555 g/mol. The molecule has 206 valence electrons. The van der Waals surface area contributed by atoms with Crippen molar-refractivity contribution in [3.63, 3.8) is 0 Å². The number of fused-ring (bicyclic) bond motifs is 1. The Morgan fingerprint density at radius 3 is 1.90 bits per heavy atom. The van der Waals surface area contributed by atoms with Crippen molar-refractivity contribution in [1.82, 2.24) is 0 Å². The number of hydrogen-bond donors (Lipinski definition) is 1. The first-order valence-electron chi connectivity index (χ1n) is 12.2. The van der Waals surface area contributed by atoms with Gasteiger partial charge in [-0.2, -0.15) is 26.3 Å². The average Bonchev–Trinajstić information content (AvgIpc) is 2.91. The molecule has 1 N–H and O–H groups in total. The summed E-state index contributed by atoms with van der Waals surface area (Å²) in [6.45, 7) is 2.34. The maximum absolute atomic E-state index is 13.0. The van der Waals surface area contributed by atoms with Crippen LogP contribution in [0.1, 0.15) is 29.2 Å². The van der Waals surface area contributed by atoms with E-state index >= 15 is 0 Å².